The van der Waals surface area contributed by atoms with Gasteiger partial charge in [0.25, 0.3) is 0 Å². The molecule has 0 saturated heterocycles. The molecular formula is C11H20O2. The van der Waals surface area contributed by atoms with Gasteiger partial charge in [0, 0.05) is 6.42 Å². The molecule has 13 heavy (non-hydrogen) atoms. The number of hydrogen-bond donors (Lipinski definition) is 1. The number of aliphatic carboxylic acids is 1. The van der Waals surface area contributed by atoms with E-state index in [0.717, 1.165) is 18.4 Å². The quantitative estimate of drug-likeness (QED) is 0.644. The van der Waals surface area contributed by atoms with Crippen LogP contribution in [0.3, 0.4) is 0 Å². The average molecular weight is 184 g/mol. The summed E-state index contributed by atoms with van der Waals surface area (Å²) < 4.78 is 0. The molecule has 0 aliphatic carbocycles. The van der Waals surface area contributed by atoms with E-state index in [2.05, 4.69) is 20.4 Å². The smallest absolute Gasteiger partial charge is 0.303 e. The van der Waals surface area contributed by atoms with Gasteiger partial charge >= 0.3 is 5.97 Å². The summed E-state index contributed by atoms with van der Waals surface area (Å²) in [6.45, 7) is 9.98. The summed E-state index contributed by atoms with van der Waals surface area (Å²) in [6.07, 6.45) is 2.28. The second-order valence-corrected chi connectivity index (χ2v) is 3.78. The van der Waals surface area contributed by atoms with Crippen LogP contribution in [-0.2, 0) is 4.79 Å². The van der Waals surface area contributed by atoms with Crippen LogP contribution >= 0.6 is 0 Å². The zero-order valence-corrected chi connectivity index (χ0v) is 8.84. The molecule has 0 rings (SSSR count). The van der Waals surface area contributed by atoms with Crippen molar-refractivity contribution in [2.24, 2.45) is 11.8 Å². The van der Waals surface area contributed by atoms with Crippen LogP contribution in [0.4, 0.5) is 0 Å². The molecule has 0 amide bonds. The van der Waals surface area contributed by atoms with E-state index in [9.17, 15) is 4.79 Å². The summed E-state index contributed by atoms with van der Waals surface area (Å²) in [6, 6.07) is 0. The summed E-state index contributed by atoms with van der Waals surface area (Å²) >= 11 is 0. The lowest BCUT2D eigenvalue weighted by atomic mass is 9.83. The van der Waals surface area contributed by atoms with E-state index in [4.69, 9.17) is 5.11 Å². The third-order valence-electron chi connectivity index (χ3n) is 2.58. The summed E-state index contributed by atoms with van der Waals surface area (Å²) in [5.41, 5.74) is 1.08. The molecule has 2 atom stereocenters. The lowest BCUT2D eigenvalue weighted by Gasteiger charge is -2.22. The SMILES string of the molecule is C=C(C)C(C)C(CCC)CC(=O)O. The average Bonchev–Trinajstić information content (AvgIpc) is 2.01. The first-order chi connectivity index (χ1) is 5.99. The first-order valence-electron chi connectivity index (χ1n) is 4.86. The van der Waals surface area contributed by atoms with Gasteiger partial charge < -0.3 is 5.11 Å². The number of allylic oxidation sites excluding steroid dienone is 1. The van der Waals surface area contributed by atoms with E-state index in [1.165, 1.54) is 0 Å². The van der Waals surface area contributed by atoms with Crippen molar-refractivity contribution in [3.8, 4) is 0 Å². The molecule has 0 saturated carbocycles. The highest BCUT2D eigenvalue weighted by molar-refractivity contribution is 5.67. The molecular weight excluding hydrogens is 164 g/mol. The van der Waals surface area contributed by atoms with Crippen LogP contribution in [-0.4, -0.2) is 11.1 Å². The molecule has 0 bridgehead atoms. The molecule has 0 fully saturated rings. The van der Waals surface area contributed by atoms with Crippen LogP contribution < -0.4 is 0 Å². The molecule has 0 heterocycles. The Morgan fingerprint density at radius 3 is 2.38 bits per heavy atom. The maximum atomic E-state index is 10.6. The molecule has 0 radical (unpaired) electrons. The van der Waals surface area contributed by atoms with E-state index < -0.39 is 5.97 Å². The lowest BCUT2D eigenvalue weighted by Crippen LogP contribution is -2.16. The van der Waals surface area contributed by atoms with Crippen molar-refractivity contribution < 1.29 is 9.90 Å². The Morgan fingerprint density at radius 2 is 2.08 bits per heavy atom. The number of hydrogen-bond acceptors (Lipinski definition) is 1. The minimum absolute atomic E-state index is 0.250. The van der Waals surface area contributed by atoms with Gasteiger partial charge in [-0.3, -0.25) is 4.79 Å². The fourth-order valence-corrected chi connectivity index (χ4v) is 1.53. The van der Waals surface area contributed by atoms with Gasteiger partial charge in [-0.2, -0.15) is 0 Å². The first-order valence-corrected chi connectivity index (χ1v) is 4.86. The highest BCUT2D eigenvalue weighted by atomic mass is 16.4. The molecule has 0 aromatic heterocycles. The Kier molecular flexibility index (Phi) is 5.44. The largest absolute Gasteiger partial charge is 0.481 e. The zero-order valence-electron chi connectivity index (χ0n) is 8.84. The standard InChI is InChI=1S/C11H20O2/c1-5-6-10(7-11(12)13)9(4)8(2)3/h9-10H,2,5-7H2,1,3-4H3,(H,12,13). The predicted molar refractivity (Wildman–Crippen MR) is 54.6 cm³/mol. The highest BCUT2D eigenvalue weighted by Crippen LogP contribution is 2.26. The van der Waals surface area contributed by atoms with Crippen LogP contribution in [0.2, 0.25) is 0 Å². The topological polar surface area (TPSA) is 37.3 Å². The van der Waals surface area contributed by atoms with Crippen LogP contribution in [0, 0.1) is 11.8 Å². The maximum Gasteiger partial charge on any atom is 0.303 e. The molecule has 0 aromatic carbocycles. The molecule has 76 valence electrons. The van der Waals surface area contributed by atoms with E-state index in [1.54, 1.807) is 0 Å². The van der Waals surface area contributed by atoms with E-state index in [0.29, 0.717) is 5.92 Å². The Balaban J connectivity index is 4.22. The Bertz CT molecular complexity index is 185. The van der Waals surface area contributed by atoms with Crippen molar-refractivity contribution in [3.05, 3.63) is 12.2 Å². The van der Waals surface area contributed by atoms with Gasteiger partial charge in [0.1, 0.15) is 0 Å². The number of rotatable bonds is 6. The number of carboxylic acids is 1. The summed E-state index contributed by atoms with van der Waals surface area (Å²) in [4.78, 5) is 10.6. The van der Waals surface area contributed by atoms with Crippen molar-refractivity contribution in [1.82, 2.24) is 0 Å². The fourth-order valence-electron chi connectivity index (χ4n) is 1.53. The van der Waals surface area contributed by atoms with Gasteiger partial charge in [-0.1, -0.05) is 32.4 Å². The van der Waals surface area contributed by atoms with Crippen molar-refractivity contribution in [2.45, 2.75) is 40.0 Å². The van der Waals surface area contributed by atoms with E-state index in [-0.39, 0.29) is 12.3 Å². The third kappa shape index (κ3) is 4.71. The fraction of sp³-hybridized carbons (Fsp3) is 0.727. The summed E-state index contributed by atoms with van der Waals surface area (Å²) in [7, 11) is 0. The van der Waals surface area contributed by atoms with Crippen LogP contribution in [0.25, 0.3) is 0 Å². The molecule has 1 N–H and O–H groups in total. The molecule has 0 aromatic rings. The van der Waals surface area contributed by atoms with Gasteiger partial charge in [0.15, 0.2) is 0 Å². The molecule has 0 aliphatic rings. The molecule has 0 aliphatic heterocycles. The van der Waals surface area contributed by atoms with Gasteiger partial charge in [0.05, 0.1) is 0 Å². The molecule has 2 unspecified atom stereocenters. The van der Waals surface area contributed by atoms with E-state index >= 15 is 0 Å². The number of carboxylic acid groups (broad SMARTS) is 1. The van der Waals surface area contributed by atoms with Gasteiger partial charge in [0.2, 0.25) is 0 Å². The van der Waals surface area contributed by atoms with E-state index in [1.807, 2.05) is 6.92 Å². The van der Waals surface area contributed by atoms with Gasteiger partial charge in [-0.05, 0) is 25.2 Å². The lowest BCUT2D eigenvalue weighted by molar-refractivity contribution is -0.138. The van der Waals surface area contributed by atoms with Gasteiger partial charge in [-0.25, -0.2) is 0 Å². The molecule has 0 spiro atoms. The molecule has 2 heteroatoms. The van der Waals surface area contributed by atoms with Gasteiger partial charge in [-0.15, -0.1) is 0 Å². The zero-order chi connectivity index (χ0) is 10.4. The van der Waals surface area contributed by atoms with Crippen molar-refractivity contribution in [2.75, 3.05) is 0 Å². The maximum absolute atomic E-state index is 10.6. The Morgan fingerprint density at radius 1 is 1.54 bits per heavy atom. The minimum atomic E-state index is -0.702. The van der Waals surface area contributed by atoms with Crippen LogP contribution in [0.1, 0.15) is 40.0 Å². The summed E-state index contributed by atoms with van der Waals surface area (Å²) in [5.74, 6) is -0.136. The van der Waals surface area contributed by atoms with Crippen molar-refractivity contribution >= 4 is 5.97 Å². The predicted octanol–water partition coefficient (Wildman–Crippen LogP) is 3.09. The minimum Gasteiger partial charge on any atom is -0.481 e. The highest BCUT2D eigenvalue weighted by Gasteiger charge is 2.19. The van der Waals surface area contributed by atoms with Crippen molar-refractivity contribution in [1.29, 1.82) is 0 Å². The normalized spacial score (nSPS) is 15.0. The monoisotopic (exact) mass is 184 g/mol. The van der Waals surface area contributed by atoms with Crippen molar-refractivity contribution in [3.63, 3.8) is 0 Å². The first kappa shape index (κ1) is 12.2. The van der Waals surface area contributed by atoms with Crippen LogP contribution in [0.5, 0.6) is 0 Å². The van der Waals surface area contributed by atoms with Crippen LogP contribution in [0.15, 0.2) is 12.2 Å². The molecule has 2 nitrogen and oxygen atoms in total. The summed E-state index contributed by atoms with van der Waals surface area (Å²) in [5, 5.41) is 8.71. The second-order valence-electron chi connectivity index (χ2n) is 3.78. The number of carbonyl (C=O) groups is 1. The Hall–Kier alpha value is -0.790. The third-order valence-corrected chi connectivity index (χ3v) is 2.58. The Labute approximate surface area is 80.7 Å². The second kappa shape index (κ2) is 5.79.